The molecular weight excluding hydrogens is 569 g/mol. The number of pyridine rings is 1. The number of alkyl halides is 1. The number of phenols is 1. The highest BCUT2D eigenvalue weighted by Gasteiger charge is 2.49. The molecule has 2 bridgehead atoms. The Balaban J connectivity index is 1.28. The zero-order chi connectivity index (χ0) is 31.1. The summed E-state index contributed by atoms with van der Waals surface area (Å²) in [5.41, 5.74) is -0.792. The minimum atomic E-state index is -2.06. The predicted octanol–water partition coefficient (Wildman–Crippen LogP) is 4.71. The van der Waals surface area contributed by atoms with Crippen molar-refractivity contribution in [3.8, 4) is 35.4 Å². The number of fused-ring (bicyclic) bond motifs is 6. The zero-order valence-corrected chi connectivity index (χ0v) is 23.9. The fourth-order valence-corrected chi connectivity index (χ4v) is 7.69. The van der Waals surface area contributed by atoms with Crippen LogP contribution in [0.1, 0.15) is 39.0 Å². The molecule has 5 saturated heterocycles. The van der Waals surface area contributed by atoms with Crippen molar-refractivity contribution in [2.24, 2.45) is 0 Å². The van der Waals surface area contributed by atoms with E-state index in [4.69, 9.17) is 17.5 Å². The molecule has 0 saturated carbocycles. The smallest absolute Gasteiger partial charge is 0.319 e. The highest BCUT2D eigenvalue weighted by molar-refractivity contribution is 6.03. The number of piperidine rings is 2. The lowest BCUT2D eigenvalue weighted by Gasteiger charge is -2.46. The van der Waals surface area contributed by atoms with E-state index in [1.165, 1.54) is 30.5 Å². The van der Waals surface area contributed by atoms with Gasteiger partial charge in [0.25, 0.3) is 0 Å². The first-order valence-electron chi connectivity index (χ1n) is 15.5. The van der Waals surface area contributed by atoms with E-state index in [0.29, 0.717) is 36.1 Å². The van der Waals surface area contributed by atoms with Crippen molar-refractivity contribution in [1.29, 1.82) is 0 Å². The molecule has 2 N–H and O–H groups in total. The summed E-state index contributed by atoms with van der Waals surface area (Å²) < 4.78 is 60.6. The predicted molar refractivity (Wildman–Crippen MR) is 160 cm³/mol. The SMILES string of the molecule is [2H][C@]1(F)CN2CCC[C@@]2(COc2nc(N3CC4CCC3CN4)c3cnc(-c4cc(O)cc5ccc(F)c(C#C)c45)c(F)c3n2)C1. The van der Waals surface area contributed by atoms with Crippen LogP contribution in [0.5, 0.6) is 11.8 Å². The minimum absolute atomic E-state index is 0.0169. The first kappa shape index (κ1) is 26.3. The number of aromatic nitrogens is 3. The summed E-state index contributed by atoms with van der Waals surface area (Å²) in [6.45, 7) is 2.20. The number of anilines is 1. The van der Waals surface area contributed by atoms with Crippen LogP contribution >= 0.6 is 0 Å². The van der Waals surface area contributed by atoms with E-state index in [1.807, 2.05) is 4.90 Å². The average molecular weight is 602 g/mol. The van der Waals surface area contributed by atoms with Crippen LogP contribution in [-0.4, -0.2) is 81.5 Å². The Morgan fingerprint density at radius 3 is 2.89 bits per heavy atom. The van der Waals surface area contributed by atoms with Gasteiger partial charge < -0.3 is 20.1 Å². The Hall–Kier alpha value is -4.14. The Bertz CT molecular complexity index is 1910. The van der Waals surface area contributed by atoms with Crippen LogP contribution in [0.2, 0.25) is 0 Å². The van der Waals surface area contributed by atoms with Crippen molar-refractivity contribution >= 4 is 27.5 Å². The molecule has 11 heteroatoms. The van der Waals surface area contributed by atoms with Gasteiger partial charge in [0.05, 0.1) is 17.9 Å². The highest BCUT2D eigenvalue weighted by atomic mass is 19.1. The van der Waals surface area contributed by atoms with Gasteiger partial charge in [-0.3, -0.25) is 9.88 Å². The van der Waals surface area contributed by atoms with E-state index >= 15 is 4.39 Å². The molecule has 7 heterocycles. The summed E-state index contributed by atoms with van der Waals surface area (Å²) in [7, 11) is 0. The van der Waals surface area contributed by atoms with Gasteiger partial charge in [0.1, 0.15) is 41.3 Å². The summed E-state index contributed by atoms with van der Waals surface area (Å²) in [6.07, 6.45) is 8.65. The molecule has 0 radical (unpaired) electrons. The summed E-state index contributed by atoms with van der Waals surface area (Å²) in [4.78, 5) is 17.9. The molecule has 2 aromatic heterocycles. The largest absolute Gasteiger partial charge is 0.508 e. The molecule has 0 aliphatic carbocycles. The van der Waals surface area contributed by atoms with Crippen molar-refractivity contribution < 1.29 is 24.4 Å². The monoisotopic (exact) mass is 601 g/mol. The van der Waals surface area contributed by atoms with Gasteiger partial charge in [-0.2, -0.15) is 9.97 Å². The highest BCUT2D eigenvalue weighted by Crippen LogP contribution is 2.42. The molecule has 2 unspecified atom stereocenters. The van der Waals surface area contributed by atoms with Gasteiger partial charge in [-0.1, -0.05) is 12.0 Å². The topological polar surface area (TPSA) is 86.6 Å². The number of hydrogen-bond donors (Lipinski definition) is 2. The van der Waals surface area contributed by atoms with Gasteiger partial charge in [0.15, 0.2) is 5.82 Å². The van der Waals surface area contributed by atoms with Crippen LogP contribution in [-0.2, 0) is 0 Å². The fourth-order valence-electron chi connectivity index (χ4n) is 7.69. The van der Waals surface area contributed by atoms with Crippen molar-refractivity contribution in [2.75, 3.05) is 37.7 Å². The van der Waals surface area contributed by atoms with Crippen molar-refractivity contribution in [2.45, 2.75) is 55.9 Å². The number of phenolic OH excluding ortho intramolecular Hbond substituents is 1. The van der Waals surface area contributed by atoms with E-state index in [1.54, 1.807) is 0 Å². The van der Waals surface area contributed by atoms with Crippen LogP contribution in [0.15, 0.2) is 30.5 Å². The van der Waals surface area contributed by atoms with Gasteiger partial charge in [-0.05, 0) is 55.8 Å². The third kappa shape index (κ3) is 4.26. The van der Waals surface area contributed by atoms with Gasteiger partial charge in [-0.25, -0.2) is 13.2 Å². The van der Waals surface area contributed by atoms with Crippen molar-refractivity contribution in [3.63, 3.8) is 0 Å². The molecule has 8 nitrogen and oxygen atoms in total. The number of terminal acetylenes is 1. The Morgan fingerprint density at radius 1 is 1.23 bits per heavy atom. The van der Waals surface area contributed by atoms with Crippen LogP contribution in [0.4, 0.5) is 19.0 Å². The third-order valence-corrected chi connectivity index (χ3v) is 9.81. The number of aromatic hydroxyl groups is 1. The number of piperazine rings is 1. The molecule has 0 spiro atoms. The van der Waals surface area contributed by atoms with E-state index in [-0.39, 0.29) is 71.1 Å². The Labute approximate surface area is 253 Å². The molecule has 4 aromatic rings. The molecule has 226 valence electrons. The van der Waals surface area contributed by atoms with Gasteiger partial charge >= 0.3 is 6.01 Å². The Morgan fingerprint density at radius 2 is 2.11 bits per heavy atom. The van der Waals surface area contributed by atoms with Crippen molar-refractivity contribution in [3.05, 3.63) is 47.7 Å². The quantitative estimate of drug-likeness (QED) is 0.319. The maximum atomic E-state index is 16.8. The van der Waals surface area contributed by atoms with E-state index in [0.717, 1.165) is 25.8 Å². The first-order valence-corrected chi connectivity index (χ1v) is 15.0. The lowest BCUT2D eigenvalue weighted by atomic mass is 9.92. The van der Waals surface area contributed by atoms with Crippen LogP contribution in [0, 0.1) is 24.0 Å². The van der Waals surface area contributed by atoms with Crippen LogP contribution in [0.25, 0.3) is 32.9 Å². The normalized spacial score (nSPS) is 28.4. The molecular formula is C33H31F3N6O2. The summed E-state index contributed by atoms with van der Waals surface area (Å²) in [6, 6.07) is 5.76. The summed E-state index contributed by atoms with van der Waals surface area (Å²) in [5.74, 6) is 1.25. The number of hydrogen-bond acceptors (Lipinski definition) is 8. The second-order valence-electron chi connectivity index (χ2n) is 12.4. The van der Waals surface area contributed by atoms with Crippen molar-refractivity contribution in [1.82, 2.24) is 25.2 Å². The minimum Gasteiger partial charge on any atom is -0.508 e. The molecule has 5 fully saturated rings. The van der Waals surface area contributed by atoms with E-state index in [9.17, 15) is 13.9 Å². The second-order valence-corrected chi connectivity index (χ2v) is 12.4. The summed E-state index contributed by atoms with van der Waals surface area (Å²) in [5, 5.41) is 15.1. The molecule has 44 heavy (non-hydrogen) atoms. The van der Waals surface area contributed by atoms with Gasteiger partial charge in [-0.15, -0.1) is 6.42 Å². The summed E-state index contributed by atoms with van der Waals surface area (Å²) >= 11 is 0. The Kier molecular flexibility index (Phi) is 6.10. The lowest BCUT2D eigenvalue weighted by molar-refractivity contribution is 0.107. The standard InChI is InChI=1S/C33H31F3N6O2/c1-2-23-26(35)7-4-18-10-22(43)11-24(27(18)23)29-28(36)30-25(14-38-29)31(42-16-20-5-6-21(42)13-37-20)40-32(39-30)44-17-33-8-3-9-41(33)15-19(34)12-33/h1,4,7,10-11,14,19-21,37,43H,3,5-6,8-9,12-13,15-17H2/t19-,20?,21?,33+/m1/s1/i19D. The number of rotatable bonds is 5. The number of benzene rings is 2. The number of halogens is 3. The molecule has 0 amide bonds. The second kappa shape index (κ2) is 10.2. The molecule has 5 aliphatic heterocycles. The fraction of sp³-hybridized carbons (Fsp3) is 0.424. The number of nitrogens with one attached hydrogen (secondary N) is 1. The van der Waals surface area contributed by atoms with Gasteiger partial charge in [0.2, 0.25) is 0 Å². The lowest BCUT2D eigenvalue weighted by Crippen LogP contribution is -2.61. The number of nitrogens with zero attached hydrogens (tertiary/aromatic N) is 5. The first-order chi connectivity index (χ1) is 21.6. The van der Waals surface area contributed by atoms with E-state index in [2.05, 4.69) is 26.1 Å². The van der Waals surface area contributed by atoms with Gasteiger partial charge in [0, 0.05) is 55.3 Å². The molecule has 4 atom stereocenters. The number of ether oxygens (including phenoxy) is 1. The maximum Gasteiger partial charge on any atom is 0.319 e. The van der Waals surface area contributed by atoms with Crippen LogP contribution in [0.3, 0.4) is 0 Å². The van der Waals surface area contributed by atoms with E-state index < -0.39 is 23.3 Å². The van der Waals surface area contributed by atoms with Crippen LogP contribution < -0.4 is 15.0 Å². The third-order valence-electron chi connectivity index (χ3n) is 9.81. The molecule has 5 aliphatic rings. The average Bonchev–Trinajstić information content (AvgIpc) is 3.52. The zero-order valence-electron chi connectivity index (χ0n) is 24.9. The molecule has 2 aromatic carbocycles. The molecule has 9 rings (SSSR count). The maximum absolute atomic E-state index is 16.8.